The predicted octanol–water partition coefficient (Wildman–Crippen LogP) is 4.08. The van der Waals surface area contributed by atoms with Crippen molar-refractivity contribution in [3.05, 3.63) is 30.1 Å². The zero-order valence-corrected chi connectivity index (χ0v) is 17.7. The van der Waals surface area contributed by atoms with Gasteiger partial charge < -0.3 is 14.8 Å². The number of aromatic nitrogens is 1. The Morgan fingerprint density at radius 2 is 2.04 bits per heavy atom. The summed E-state index contributed by atoms with van der Waals surface area (Å²) in [5, 5.41) is 11.7. The van der Waals surface area contributed by atoms with Crippen LogP contribution in [0.15, 0.2) is 24.5 Å². The molecule has 0 saturated heterocycles. The number of alkyl carbamates (subject to hydrolysis) is 1. The summed E-state index contributed by atoms with van der Waals surface area (Å²) in [7, 11) is 0. The molecule has 0 aromatic carbocycles. The summed E-state index contributed by atoms with van der Waals surface area (Å²) in [6, 6.07) is 3.99. The molecule has 2 atom stereocenters. The molecular weight excluding hydrogens is 354 g/mol. The van der Waals surface area contributed by atoms with Gasteiger partial charge in [0.05, 0.1) is 0 Å². The Labute approximate surface area is 168 Å². The van der Waals surface area contributed by atoms with Crippen LogP contribution in [0.5, 0.6) is 0 Å². The molecule has 6 heteroatoms. The first-order valence-corrected chi connectivity index (χ1v) is 10.2. The van der Waals surface area contributed by atoms with Crippen LogP contribution in [-0.2, 0) is 22.6 Å². The number of nitrogens with zero attached hydrogens (tertiary/aromatic N) is 2. The highest BCUT2D eigenvalue weighted by atomic mass is 16.5. The maximum absolute atomic E-state index is 12.3. The smallest absolute Gasteiger partial charge is 0.407 e. The molecular formula is C22H34N3O3+. The number of nitriles is 1. The van der Waals surface area contributed by atoms with E-state index in [1.165, 1.54) is 0 Å². The van der Waals surface area contributed by atoms with Gasteiger partial charge in [-0.3, -0.25) is 0 Å². The van der Waals surface area contributed by atoms with Gasteiger partial charge in [0.15, 0.2) is 12.4 Å². The number of aryl methyl sites for hydroxylation is 1. The molecule has 6 nitrogen and oxygen atoms in total. The standard InChI is InChI=1S/C22H33N3O3/c1-5-6-9-25-10-7-18(8-11-25)14-28-20(26)24-19-12-21(2,3)15-22(4,13-19)16-27-17-23/h7-8,10-11,19H,5-6,9,12-16H2,1-4H3/p+1. The van der Waals surface area contributed by atoms with Crippen molar-refractivity contribution in [2.45, 2.75) is 79.0 Å². The number of hydrogen-bond acceptors (Lipinski definition) is 4. The highest BCUT2D eigenvalue weighted by molar-refractivity contribution is 5.67. The molecule has 28 heavy (non-hydrogen) atoms. The van der Waals surface area contributed by atoms with Crippen molar-refractivity contribution < 1.29 is 18.8 Å². The van der Waals surface area contributed by atoms with Crippen LogP contribution in [0.25, 0.3) is 0 Å². The normalized spacial score (nSPS) is 23.5. The highest BCUT2D eigenvalue weighted by Gasteiger charge is 2.42. The summed E-state index contributed by atoms with van der Waals surface area (Å²) in [5.74, 6) is 0. The van der Waals surface area contributed by atoms with E-state index in [-0.39, 0.29) is 23.5 Å². The molecule has 0 bridgehead atoms. The molecule has 1 fully saturated rings. The largest absolute Gasteiger partial charge is 0.445 e. The SMILES string of the molecule is CCCC[n+]1ccc(COC(=O)NC2CC(C)(C)CC(C)(COC#N)C2)cc1. The number of hydrogen-bond donors (Lipinski definition) is 1. The van der Waals surface area contributed by atoms with E-state index in [1.54, 1.807) is 6.26 Å². The van der Waals surface area contributed by atoms with E-state index in [1.807, 2.05) is 24.5 Å². The monoisotopic (exact) mass is 388 g/mol. The first-order valence-electron chi connectivity index (χ1n) is 10.2. The minimum Gasteiger partial charge on any atom is -0.445 e. The summed E-state index contributed by atoms with van der Waals surface area (Å²) in [6.45, 7) is 10.3. The van der Waals surface area contributed by atoms with Gasteiger partial charge in [0, 0.05) is 35.6 Å². The van der Waals surface area contributed by atoms with Crippen LogP contribution in [0.3, 0.4) is 0 Å². The van der Waals surface area contributed by atoms with Crippen molar-refractivity contribution >= 4 is 6.09 Å². The predicted molar refractivity (Wildman–Crippen MR) is 106 cm³/mol. The number of pyridine rings is 1. The summed E-state index contributed by atoms with van der Waals surface area (Å²) < 4.78 is 12.6. The quantitative estimate of drug-likeness (QED) is 0.538. The Kier molecular flexibility index (Phi) is 7.68. The molecule has 1 aromatic rings. The molecule has 0 aliphatic heterocycles. The third-order valence-corrected chi connectivity index (χ3v) is 5.35. The van der Waals surface area contributed by atoms with Crippen molar-refractivity contribution in [2.24, 2.45) is 10.8 Å². The molecule has 1 aliphatic carbocycles. The molecule has 1 aliphatic rings. The number of carbonyl (C=O) groups is 1. The fourth-order valence-electron chi connectivity index (χ4n) is 4.48. The van der Waals surface area contributed by atoms with Gasteiger partial charge >= 0.3 is 6.09 Å². The molecule has 0 spiro atoms. The van der Waals surface area contributed by atoms with E-state index < -0.39 is 6.09 Å². The van der Waals surface area contributed by atoms with E-state index in [2.05, 4.69) is 37.6 Å². The summed E-state index contributed by atoms with van der Waals surface area (Å²) in [5.41, 5.74) is 0.898. The molecule has 1 aromatic heterocycles. The fourth-order valence-corrected chi connectivity index (χ4v) is 4.48. The first kappa shape index (κ1) is 22.0. The van der Waals surface area contributed by atoms with Crippen LogP contribution in [0.1, 0.15) is 65.4 Å². The Bertz CT molecular complexity index is 681. The first-order chi connectivity index (χ1) is 13.3. The maximum atomic E-state index is 12.3. The van der Waals surface area contributed by atoms with E-state index in [9.17, 15) is 4.79 Å². The summed E-state index contributed by atoms with van der Waals surface area (Å²) >= 11 is 0. The zero-order valence-electron chi connectivity index (χ0n) is 17.7. The van der Waals surface area contributed by atoms with Gasteiger partial charge in [-0.05, 0) is 24.7 Å². The minimum absolute atomic E-state index is 0.00974. The lowest BCUT2D eigenvalue weighted by atomic mass is 9.63. The number of amides is 1. The Hall–Kier alpha value is -2.29. The van der Waals surface area contributed by atoms with Crippen molar-refractivity contribution in [1.29, 1.82) is 5.26 Å². The van der Waals surface area contributed by atoms with Crippen molar-refractivity contribution in [3.63, 3.8) is 0 Å². The van der Waals surface area contributed by atoms with Gasteiger partial charge in [-0.2, -0.15) is 5.26 Å². The summed E-state index contributed by atoms with van der Waals surface area (Å²) in [4.78, 5) is 12.3. The van der Waals surface area contributed by atoms with Crippen molar-refractivity contribution in [2.75, 3.05) is 6.61 Å². The van der Waals surface area contributed by atoms with Gasteiger partial charge in [-0.25, -0.2) is 9.36 Å². The number of rotatable bonds is 8. The molecule has 2 rings (SSSR count). The second kappa shape index (κ2) is 9.77. The fraction of sp³-hybridized carbons (Fsp3) is 0.682. The molecule has 1 N–H and O–H groups in total. The summed E-state index contributed by atoms with van der Waals surface area (Å²) in [6.07, 6.45) is 10.3. The molecule has 154 valence electrons. The minimum atomic E-state index is -0.394. The molecule has 1 amide bonds. The van der Waals surface area contributed by atoms with Crippen molar-refractivity contribution in [3.8, 4) is 6.26 Å². The van der Waals surface area contributed by atoms with Crippen LogP contribution >= 0.6 is 0 Å². The van der Waals surface area contributed by atoms with Crippen LogP contribution in [0.2, 0.25) is 0 Å². The number of unbranched alkanes of at least 4 members (excludes halogenated alkanes) is 1. The molecule has 1 saturated carbocycles. The van der Waals surface area contributed by atoms with E-state index in [4.69, 9.17) is 14.7 Å². The average Bonchev–Trinajstić information content (AvgIpc) is 2.62. The Balaban J connectivity index is 1.85. The van der Waals surface area contributed by atoms with E-state index in [0.717, 1.165) is 44.2 Å². The van der Waals surface area contributed by atoms with Gasteiger partial charge in [0.1, 0.15) is 19.8 Å². The highest BCUT2D eigenvalue weighted by Crippen LogP contribution is 2.46. The van der Waals surface area contributed by atoms with Gasteiger partial charge in [0.2, 0.25) is 0 Å². The van der Waals surface area contributed by atoms with Crippen LogP contribution in [-0.4, -0.2) is 18.7 Å². The molecule has 2 unspecified atom stereocenters. The average molecular weight is 389 g/mol. The molecule has 1 heterocycles. The van der Waals surface area contributed by atoms with Gasteiger partial charge in [0.25, 0.3) is 6.26 Å². The van der Waals surface area contributed by atoms with Gasteiger partial charge in [-0.1, -0.05) is 34.1 Å². The second-order valence-corrected chi connectivity index (χ2v) is 9.16. The van der Waals surface area contributed by atoms with Crippen LogP contribution in [0.4, 0.5) is 4.79 Å². The third kappa shape index (κ3) is 7.03. The Morgan fingerprint density at radius 3 is 2.68 bits per heavy atom. The van der Waals surface area contributed by atoms with E-state index in [0.29, 0.717) is 6.61 Å². The Morgan fingerprint density at radius 1 is 1.32 bits per heavy atom. The van der Waals surface area contributed by atoms with Gasteiger partial charge in [-0.15, -0.1) is 0 Å². The lowest BCUT2D eigenvalue weighted by molar-refractivity contribution is -0.697. The maximum Gasteiger partial charge on any atom is 0.407 e. The third-order valence-electron chi connectivity index (χ3n) is 5.35. The second-order valence-electron chi connectivity index (χ2n) is 9.16. The van der Waals surface area contributed by atoms with Crippen LogP contribution in [0, 0.1) is 22.3 Å². The number of nitrogens with one attached hydrogen (secondary N) is 1. The van der Waals surface area contributed by atoms with Crippen LogP contribution < -0.4 is 9.88 Å². The zero-order chi connectivity index (χ0) is 20.6. The number of ether oxygens (including phenoxy) is 2. The number of carbonyl (C=O) groups excluding carboxylic acids is 1. The topological polar surface area (TPSA) is 75.2 Å². The lowest BCUT2D eigenvalue weighted by Gasteiger charge is -2.45. The lowest BCUT2D eigenvalue weighted by Crippen LogP contribution is -2.48. The van der Waals surface area contributed by atoms with E-state index >= 15 is 0 Å². The molecule has 0 radical (unpaired) electrons. The van der Waals surface area contributed by atoms with Crippen molar-refractivity contribution in [1.82, 2.24) is 5.32 Å².